The summed E-state index contributed by atoms with van der Waals surface area (Å²) in [5.74, 6) is 0.593. The summed E-state index contributed by atoms with van der Waals surface area (Å²) in [4.78, 5) is 19.3. The van der Waals surface area contributed by atoms with Crippen molar-refractivity contribution < 1.29 is 4.79 Å². The van der Waals surface area contributed by atoms with Crippen LogP contribution >= 0.6 is 0 Å². The third kappa shape index (κ3) is 4.01. The maximum atomic E-state index is 13.1. The Morgan fingerprint density at radius 2 is 1.62 bits per heavy atom. The van der Waals surface area contributed by atoms with E-state index >= 15 is 0 Å². The number of aromatic nitrogens is 3. The first-order valence-corrected chi connectivity index (χ1v) is 9.27. The summed E-state index contributed by atoms with van der Waals surface area (Å²) >= 11 is 0. The lowest BCUT2D eigenvalue weighted by Crippen LogP contribution is -2.14. The highest BCUT2D eigenvalue weighted by atomic mass is 16.1. The van der Waals surface area contributed by atoms with Crippen molar-refractivity contribution >= 4 is 17.4 Å². The van der Waals surface area contributed by atoms with Gasteiger partial charge in [0.2, 0.25) is 0 Å². The molecule has 0 spiro atoms. The van der Waals surface area contributed by atoms with Gasteiger partial charge in [-0.3, -0.25) is 4.79 Å². The first-order chi connectivity index (χ1) is 14.1. The average molecular weight is 383 g/mol. The Bertz CT molecular complexity index is 1100. The Hall–Kier alpha value is -3.93. The maximum Gasteiger partial charge on any atom is 0.259 e. The van der Waals surface area contributed by atoms with Crippen molar-refractivity contribution in [3.8, 4) is 16.9 Å². The SMILES string of the molecule is CN(C)c1ccc(NC(=O)c2cn(-c3ccccc3)nc2-c2ccccc2)cn1. The van der Waals surface area contributed by atoms with Crippen LogP contribution in [0.2, 0.25) is 0 Å². The van der Waals surface area contributed by atoms with Gasteiger partial charge >= 0.3 is 0 Å². The fraction of sp³-hybridized carbons (Fsp3) is 0.0870. The van der Waals surface area contributed by atoms with Gasteiger partial charge in [0.1, 0.15) is 11.5 Å². The number of nitrogens with one attached hydrogen (secondary N) is 1. The number of hydrogen-bond acceptors (Lipinski definition) is 4. The van der Waals surface area contributed by atoms with Gasteiger partial charge in [-0.1, -0.05) is 48.5 Å². The highest BCUT2D eigenvalue weighted by molar-refractivity contribution is 6.08. The average Bonchev–Trinajstić information content (AvgIpc) is 3.21. The molecule has 2 aromatic carbocycles. The Balaban J connectivity index is 1.69. The third-order valence-electron chi connectivity index (χ3n) is 4.49. The number of nitrogens with zero attached hydrogens (tertiary/aromatic N) is 4. The molecule has 2 aromatic heterocycles. The van der Waals surface area contributed by atoms with Gasteiger partial charge in [-0.25, -0.2) is 9.67 Å². The molecule has 0 unspecified atom stereocenters. The van der Waals surface area contributed by atoms with Crippen molar-refractivity contribution in [3.05, 3.63) is 90.8 Å². The molecule has 0 saturated heterocycles. The van der Waals surface area contributed by atoms with Gasteiger partial charge in [0, 0.05) is 25.9 Å². The zero-order valence-electron chi connectivity index (χ0n) is 16.3. The van der Waals surface area contributed by atoms with Crippen molar-refractivity contribution in [1.29, 1.82) is 0 Å². The van der Waals surface area contributed by atoms with Gasteiger partial charge in [0.25, 0.3) is 5.91 Å². The summed E-state index contributed by atoms with van der Waals surface area (Å²) in [6.07, 6.45) is 3.41. The van der Waals surface area contributed by atoms with Gasteiger partial charge in [-0.2, -0.15) is 5.10 Å². The Labute approximate surface area is 169 Å². The predicted octanol–water partition coefficient (Wildman–Crippen LogP) is 4.25. The molecule has 0 radical (unpaired) electrons. The topological polar surface area (TPSA) is 63.1 Å². The lowest BCUT2D eigenvalue weighted by atomic mass is 10.1. The molecule has 0 atom stereocenters. The van der Waals surface area contributed by atoms with Gasteiger partial charge in [0.15, 0.2) is 0 Å². The van der Waals surface area contributed by atoms with Crippen LogP contribution in [0, 0.1) is 0 Å². The van der Waals surface area contributed by atoms with Gasteiger partial charge in [-0.05, 0) is 24.3 Å². The van der Waals surface area contributed by atoms with E-state index in [1.54, 1.807) is 17.1 Å². The summed E-state index contributed by atoms with van der Waals surface area (Å²) in [5, 5.41) is 7.61. The number of rotatable bonds is 5. The zero-order chi connectivity index (χ0) is 20.2. The Kier molecular flexibility index (Phi) is 5.07. The van der Waals surface area contributed by atoms with Crippen molar-refractivity contribution in [1.82, 2.24) is 14.8 Å². The predicted molar refractivity (Wildman–Crippen MR) is 116 cm³/mol. The van der Waals surface area contributed by atoms with E-state index in [4.69, 9.17) is 0 Å². The molecule has 2 heterocycles. The molecule has 4 rings (SSSR count). The molecular weight excluding hydrogens is 362 g/mol. The van der Waals surface area contributed by atoms with E-state index in [1.165, 1.54) is 0 Å². The van der Waals surface area contributed by atoms with E-state index < -0.39 is 0 Å². The Morgan fingerprint density at radius 1 is 0.931 bits per heavy atom. The third-order valence-corrected chi connectivity index (χ3v) is 4.49. The fourth-order valence-corrected chi connectivity index (χ4v) is 2.99. The van der Waals surface area contributed by atoms with Crippen LogP contribution in [0.25, 0.3) is 16.9 Å². The number of pyridine rings is 1. The summed E-state index contributed by atoms with van der Waals surface area (Å²) in [5.41, 5.74) is 3.53. The van der Waals surface area contributed by atoms with E-state index in [0.29, 0.717) is 16.9 Å². The number of benzene rings is 2. The number of para-hydroxylation sites is 1. The quantitative estimate of drug-likeness (QED) is 0.560. The second-order valence-corrected chi connectivity index (χ2v) is 6.79. The first-order valence-electron chi connectivity index (χ1n) is 9.27. The molecule has 0 bridgehead atoms. The van der Waals surface area contributed by atoms with Crippen LogP contribution in [0.4, 0.5) is 11.5 Å². The van der Waals surface area contributed by atoms with Crippen LogP contribution in [0.5, 0.6) is 0 Å². The van der Waals surface area contributed by atoms with Gasteiger partial charge in [-0.15, -0.1) is 0 Å². The van der Waals surface area contributed by atoms with E-state index in [9.17, 15) is 4.79 Å². The number of amides is 1. The minimum Gasteiger partial charge on any atom is -0.363 e. The van der Waals surface area contributed by atoms with E-state index in [-0.39, 0.29) is 5.91 Å². The molecule has 0 aliphatic rings. The van der Waals surface area contributed by atoms with E-state index in [0.717, 1.165) is 17.1 Å². The zero-order valence-corrected chi connectivity index (χ0v) is 16.3. The maximum absolute atomic E-state index is 13.1. The summed E-state index contributed by atoms with van der Waals surface area (Å²) in [7, 11) is 3.84. The molecule has 1 amide bonds. The molecule has 0 saturated carbocycles. The van der Waals surface area contributed by atoms with E-state index in [2.05, 4.69) is 15.4 Å². The van der Waals surface area contributed by atoms with Crippen LogP contribution in [-0.2, 0) is 0 Å². The van der Waals surface area contributed by atoms with Gasteiger partial charge < -0.3 is 10.2 Å². The number of anilines is 2. The molecule has 29 heavy (non-hydrogen) atoms. The largest absolute Gasteiger partial charge is 0.363 e. The minimum absolute atomic E-state index is 0.231. The molecule has 6 heteroatoms. The second-order valence-electron chi connectivity index (χ2n) is 6.79. The number of carbonyl (C=O) groups excluding carboxylic acids is 1. The van der Waals surface area contributed by atoms with Crippen molar-refractivity contribution in [2.45, 2.75) is 0 Å². The number of carbonyl (C=O) groups is 1. The van der Waals surface area contributed by atoms with Crippen LogP contribution in [0.1, 0.15) is 10.4 Å². The lowest BCUT2D eigenvalue weighted by molar-refractivity contribution is 0.102. The smallest absolute Gasteiger partial charge is 0.259 e. The molecule has 1 N–H and O–H groups in total. The molecule has 0 aliphatic carbocycles. The molecule has 144 valence electrons. The summed E-state index contributed by atoms with van der Waals surface area (Å²) < 4.78 is 1.73. The van der Waals surface area contributed by atoms with Crippen LogP contribution in [0.15, 0.2) is 85.2 Å². The summed E-state index contributed by atoms with van der Waals surface area (Å²) in [6.45, 7) is 0. The molecule has 6 nitrogen and oxygen atoms in total. The van der Waals surface area contributed by atoms with Crippen molar-refractivity contribution in [2.75, 3.05) is 24.3 Å². The summed E-state index contributed by atoms with van der Waals surface area (Å²) in [6, 6.07) is 23.1. The first kappa shape index (κ1) is 18.4. The molecule has 4 aromatic rings. The lowest BCUT2D eigenvalue weighted by Gasteiger charge is -2.11. The second kappa shape index (κ2) is 7.98. The number of hydrogen-bond donors (Lipinski definition) is 1. The molecule has 0 aliphatic heterocycles. The monoisotopic (exact) mass is 383 g/mol. The van der Waals surface area contributed by atoms with Crippen LogP contribution < -0.4 is 10.2 Å². The van der Waals surface area contributed by atoms with E-state index in [1.807, 2.05) is 91.8 Å². The van der Waals surface area contributed by atoms with Crippen molar-refractivity contribution in [2.24, 2.45) is 0 Å². The van der Waals surface area contributed by atoms with Crippen LogP contribution in [0.3, 0.4) is 0 Å². The van der Waals surface area contributed by atoms with Crippen molar-refractivity contribution in [3.63, 3.8) is 0 Å². The molecular formula is C23H21N5O. The van der Waals surface area contributed by atoms with Gasteiger partial charge in [0.05, 0.1) is 23.1 Å². The normalized spacial score (nSPS) is 10.6. The highest BCUT2D eigenvalue weighted by Crippen LogP contribution is 2.24. The fourth-order valence-electron chi connectivity index (χ4n) is 2.99. The minimum atomic E-state index is -0.231. The highest BCUT2D eigenvalue weighted by Gasteiger charge is 2.19. The van der Waals surface area contributed by atoms with Crippen LogP contribution in [-0.4, -0.2) is 34.8 Å². The Morgan fingerprint density at radius 3 is 2.24 bits per heavy atom. The molecule has 0 fully saturated rings. The standard InChI is InChI=1S/C23H21N5O/c1-27(2)21-14-13-18(15-24-21)25-23(29)20-16-28(19-11-7-4-8-12-19)26-22(20)17-9-5-3-6-10-17/h3-16H,1-2H3,(H,25,29).